The number of carbonyl (C=O) groups is 1. The summed E-state index contributed by atoms with van der Waals surface area (Å²) in [6.07, 6.45) is 1.36. The van der Waals surface area contributed by atoms with E-state index in [-0.39, 0.29) is 15.6 Å². The molecule has 0 aliphatic carbocycles. The predicted molar refractivity (Wildman–Crippen MR) is 70.0 cm³/mol. The molecule has 1 aromatic heterocycles. The van der Waals surface area contributed by atoms with Crippen molar-refractivity contribution in [3.63, 3.8) is 0 Å². The predicted octanol–water partition coefficient (Wildman–Crippen LogP) is 4.66. The molecular weight excluding hydrogens is 299 g/mol. The van der Waals surface area contributed by atoms with E-state index in [9.17, 15) is 9.18 Å². The van der Waals surface area contributed by atoms with Crippen LogP contribution < -0.4 is 0 Å². The Balaban J connectivity index is 2.62. The second kappa shape index (κ2) is 5.22. The Morgan fingerprint density at radius 3 is 2.56 bits per heavy atom. The lowest BCUT2D eigenvalue weighted by atomic mass is 10.1. The van der Waals surface area contributed by atoms with Gasteiger partial charge < -0.3 is 0 Å². The van der Waals surface area contributed by atoms with Crippen LogP contribution >= 0.6 is 34.8 Å². The molecule has 92 valence electrons. The summed E-state index contributed by atoms with van der Waals surface area (Å²) in [6.45, 7) is 0. The summed E-state index contributed by atoms with van der Waals surface area (Å²) in [5.41, 5.74) is 0.735. The third kappa shape index (κ3) is 2.34. The van der Waals surface area contributed by atoms with Crippen molar-refractivity contribution in [2.24, 2.45) is 0 Å². The van der Waals surface area contributed by atoms with Crippen LogP contribution in [0.3, 0.4) is 0 Å². The highest BCUT2D eigenvalue weighted by molar-refractivity contribution is 6.49. The molecule has 0 amide bonds. The van der Waals surface area contributed by atoms with Crippen LogP contribution in [0.4, 0.5) is 4.39 Å². The van der Waals surface area contributed by atoms with Crippen molar-refractivity contribution in [1.29, 1.82) is 0 Å². The maximum atomic E-state index is 13.2. The van der Waals surface area contributed by atoms with Crippen LogP contribution in [0.5, 0.6) is 0 Å². The van der Waals surface area contributed by atoms with E-state index in [0.717, 1.165) is 6.20 Å². The smallest absolute Gasteiger partial charge is 0.153 e. The zero-order valence-electron chi connectivity index (χ0n) is 8.75. The van der Waals surface area contributed by atoms with Crippen LogP contribution in [0, 0.1) is 5.82 Å². The van der Waals surface area contributed by atoms with E-state index in [0.29, 0.717) is 22.6 Å². The number of benzene rings is 1. The third-order valence-corrected chi connectivity index (χ3v) is 3.62. The Bertz CT molecular complexity index is 631. The molecule has 0 aliphatic rings. The molecular formula is C12H5Cl3FNO. The maximum Gasteiger partial charge on any atom is 0.153 e. The van der Waals surface area contributed by atoms with Gasteiger partial charge in [0.05, 0.1) is 32.5 Å². The molecule has 0 spiro atoms. The molecule has 0 aliphatic heterocycles. The number of hydrogen-bond acceptors (Lipinski definition) is 2. The minimum atomic E-state index is -0.690. The number of pyridine rings is 1. The summed E-state index contributed by atoms with van der Waals surface area (Å²) < 4.78 is 13.2. The van der Waals surface area contributed by atoms with Gasteiger partial charge in [0.25, 0.3) is 0 Å². The number of carbonyl (C=O) groups excluding carboxylic acids is 1. The standard InChI is InChI=1S/C12H5Cl3FNO/c13-8-2-1-7(11(14)12(8)15)10-3-6(5-18)9(16)4-17-10/h1-5H. The largest absolute Gasteiger partial charge is 0.298 e. The maximum absolute atomic E-state index is 13.2. The van der Waals surface area contributed by atoms with Gasteiger partial charge in [-0.25, -0.2) is 4.39 Å². The number of halogens is 4. The van der Waals surface area contributed by atoms with Gasteiger partial charge in [-0.3, -0.25) is 9.78 Å². The molecule has 2 rings (SSSR count). The molecule has 6 heteroatoms. The van der Waals surface area contributed by atoms with E-state index in [2.05, 4.69) is 4.98 Å². The van der Waals surface area contributed by atoms with E-state index < -0.39 is 5.82 Å². The first-order valence-electron chi connectivity index (χ1n) is 4.79. The highest BCUT2D eigenvalue weighted by Crippen LogP contribution is 2.37. The lowest BCUT2D eigenvalue weighted by Crippen LogP contribution is -1.93. The number of aldehydes is 1. The van der Waals surface area contributed by atoms with Gasteiger partial charge in [0.1, 0.15) is 0 Å². The van der Waals surface area contributed by atoms with Crippen molar-refractivity contribution >= 4 is 41.1 Å². The Morgan fingerprint density at radius 1 is 1.17 bits per heavy atom. The molecule has 0 bridgehead atoms. The monoisotopic (exact) mass is 303 g/mol. The van der Waals surface area contributed by atoms with Crippen LogP contribution in [0.2, 0.25) is 15.1 Å². The molecule has 0 saturated heterocycles. The van der Waals surface area contributed by atoms with Gasteiger partial charge in [-0.15, -0.1) is 0 Å². The lowest BCUT2D eigenvalue weighted by molar-refractivity contribution is 0.111. The molecule has 1 heterocycles. The summed E-state index contributed by atoms with van der Waals surface area (Å²) in [4.78, 5) is 14.5. The minimum Gasteiger partial charge on any atom is -0.298 e. The van der Waals surface area contributed by atoms with Gasteiger partial charge in [-0.1, -0.05) is 34.8 Å². The van der Waals surface area contributed by atoms with Crippen LogP contribution in [0.25, 0.3) is 11.3 Å². The first kappa shape index (κ1) is 13.3. The van der Waals surface area contributed by atoms with Crippen LogP contribution in [-0.2, 0) is 0 Å². The first-order chi connectivity index (χ1) is 8.54. The molecule has 0 atom stereocenters. The van der Waals surface area contributed by atoms with Crippen molar-refractivity contribution < 1.29 is 9.18 Å². The molecule has 0 unspecified atom stereocenters. The molecule has 0 saturated carbocycles. The average molecular weight is 305 g/mol. The number of hydrogen-bond donors (Lipinski definition) is 0. The zero-order chi connectivity index (χ0) is 13.3. The zero-order valence-corrected chi connectivity index (χ0v) is 11.0. The molecule has 0 fully saturated rings. The van der Waals surface area contributed by atoms with Gasteiger partial charge in [0.2, 0.25) is 0 Å². The molecule has 2 aromatic rings. The minimum absolute atomic E-state index is 0.0952. The summed E-state index contributed by atoms with van der Waals surface area (Å²) in [6, 6.07) is 4.45. The van der Waals surface area contributed by atoms with Crippen LogP contribution in [-0.4, -0.2) is 11.3 Å². The van der Waals surface area contributed by atoms with Crippen LogP contribution in [0.15, 0.2) is 24.4 Å². The molecule has 1 aromatic carbocycles. The topological polar surface area (TPSA) is 30.0 Å². The Labute approximate surface area is 117 Å². The Kier molecular flexibility index (Phi) is 3.85. The fourth-order valence-corrected chi connectivity index (χ4v) is 2.05. The van der Waals surface area contributed by atoms with E-state index in [4.69, 9.17) is 34.8 Å². The average Bonchev–Trinajstić information content (AvgIpc) is 2.37. The van der Waals surface area contributed by atoms with Crippen molar-refractivity contribution in [3.05, 3.63) is 50.8 Å². The molecule has 2 nitrogen and oxygen atoms in total. The molecule has 18 heavy (non-hydrogen) atoms. The van der Waals surface area contributed by atoms with Gasteiger partial charge in [0.15, 0.2) is 12.1 Å². The third-order valence-electron chi connectivity index (χ3n) is 2.32. The number of nitrogens with zero attached hydrogens (tertiary/aromatic N) is 1. The quantitative estimate of drug-likeness (QED) is 0.596. The lowest BCUT2D eigenvalue weighted by Gasteiger charge is -2.07. The van der Waals surface area contributed by atoms with Crippen molar-refractivity contribution in [3.8, 4) is 11.3 Å². The Morgan fingerprint density at radius 2 is 1.89 bits per heavy atom. The van der Waals surface area contributed by atoms with Gasteiger partial charge in [-0.05, 0) is 18.2 Å². The van der Waals surface area contributed by atoms with Crippen molar-refractivity contribution in [2.75, 3.05) is 0 Å². The SMILES string of the molecule is O=Cc1cc(-c2ccc(Cl)c(Cl)c2Cl)ncc1F. The summed E-state index contributed by atoms with van der Waals surface area (Å²) in [5, 5.41) is 0.706. The van der Waals surface area contributed by atoms with Gasteiger partial charge in [0, 0.05) is 5.56 Å². The summed E-state index contributed by atoms with van der Waals surface area (Å²) in [7, 11) is 0. The second-order valence-electron chi connectivity index (χ2n) is 3.43. The Hall–Kier alpha value is -1.16. The molecule has 0 radical (unpaired) electrons. The number of aromatic nitrogens is 1. The van der Waals surface area contributed by atoms with Gasteiger partial charge >= 0.3 is 0 Å². The van der Waals surface area contributed by atoms with E-state index in [1.165, 1.54) is 6.07 Å². The van der Waals surface area contributed by atoms with Crippen LogP contribution in [0.1, 0.15) is 10.4 Å². The fourth-order valence-electron chi connectivity index (χ4n) is 1.42. The first-order valence-corrected chi connectivity index (χ1v) is 5.92. The summed E-state index contributed by atoms with van der Waals surface area (Å²) in [5.74, 6) is -0.690. The van der Waals surface area contributed by atoms with E-state index in [1.54, 1.807) is 12.1 Å². The fraction of sp³-hybridized carbons (Fsp3) is 0. The highest BCUT2D eigenvalue weighted by atomic mass is 35.5. The van der Waals surface area contributed by atoms with Crippen molar-refractivity contribution in [2.45, 2.75) is 0 Å². The van der Waals surface area contributed by atoms with E-state index in [1.807, 2.05) is 0 Å². The number of rotatable bonds is 2. The highest BCUT2D eigenvalue weighted by Gasteiger charge is 2.13. The molecule has 0 N–H and O–H groups in total. The van der Waals surface area contributed by atoms with E-state index >= 15 is 0 Å². The van der Waals surface area contributed by atoms with Crippen molar-refractivity contribution in [1.82, 2.24) is 4.98 Å². The summed E-state index contributed by atoms with van der Waals surface area (Å²) >= 11 is 17.7. The van der Waals surface area contributed by atoms with Gasteiger partial charge in [-0.2, -0.15) is 0 Å². The normalized spacial score (nSPS) is 10.4. The second-order valence-corrected chi connectivity index (χ2v) is 4.59.